The first-order chi connectivity index (χ1) is 18.6. The zero-order valence-electron chi connectivity index (χ0n) is 21.3. The molecule has 38 heavy (non-hydrogen) atoms. The summed E-state index contributed by atoms with van der Waals surface area (Å²) in [6, 6.07) is 19.9. The van der Waals surface area contributed by atoms with Gasteiger partial charge >= 0.3 is 6.03 Å². The van der Waals surface area contributed by atoms with E-state index < -0.39 is 0 Å². The molecule has 2 amide bonds. The zero-order valence-corrected chi connectivity index (χ0v) is 21.3. The number of urea groups is 1. The van der Waals surface area contributed by atoms with Crippen molar-refractivity contribution in [3.8, 4) is 5.69 Å². The van der Waals surface area contributed by atoms with Gasteiger partial charge in [0, 0.05) is 36.0 Å². The molecule has 2 heterocycles. The lowest BCUT2D eigenvalue weighted by molar-refractivity contribution is 0.246. The topological polar surface area (TPSA) is 71.8 Å². The second-order valence-corrected chi connectivity index (χ2v) is 10.2. The van der Waals surface area contributed by atoms with Gasteiger partial charge < -0.3 is 10.6 Å². The number of amides is 2. The van der Waals surface area contributed by atoms with Crippen LogP contribution in [0, 0.1) is 11.7 Å². The number of hydrogen-bond acceptors (Lipinski definition) is 3. The smallest absolute Gasteiger partial charge is 0.319 e. The van der Waals surface area contributed by atoms with E-state index >= 15 is 0 Å². The molecule has 0 spiro atoms. The second-order valence-electron chi connectivity index (χ2n) is 10.2. The molecule has 2 aliphatic carbocycles. The number of rotatable bonds is 6. The van der Waals surface area contributed by atoms with Crippen LogP contribution < -0.4 is 10.6 Å². The van der Waals surface area contributed by atoms with Crippen LogP contribution in [0.1, 0.15) is 55.0 Å². The van der Waals surface area contributed by atoms with Crippen molar-refractivity contribution in [1.82, 2.24) is 20.1 Å². The van der Waals surface area contributed by atoms with Gasteiger partial charge in [0.05, 0.1) is 23.6 Å². The van der Waals surface area contributed by atoms with Crippen LogP contribution in [0.25, 0.3) is 5.69 Å². The van der Waals surface area contributed by atoms with Crippen molar-refractivity contribution in [1.29, 1.82) is 0 Å². The SMILES string of the molecule is C[C@@H]1C2=C(CC[C@@H]2CC(NC(=O)Nc2ccncc2)c2ccccc2)Cc2c1cnn2-c1ccc(F)cc1. The number of hydrogen-bond donors (Lipinski definition) is 2. The number of anilines is 1. The van der Waals surface area contributed by atoms with Gasteiger partial charge in [-0.05, 0) is 67.1 Å². The maximum Gasteiger partial charge on any atom is 0.319 e. The molecular formula is C31H30FN5O. The van der Waals surface area contributed by atoms with E-state index in [0.29, 0.717) is 11.6 Å². The van der Waals surface area contributed by atoms with Gasteiger partial charge in [0.1, 0.15) is 5.82 Å². The van der Waals surface area contributed by atoms with Crippen molar-refractivity contribution in [3.05, 3.63) is 119 Å². The molecule has 6 rings (SSSR count). The van der Waals surface area contributed by atoms with Crippen molar-refractivity contribution in [2.24, 2.45) is 5.92 Å². The largest absolute Gasteiger partial charge is 0.331 e. The Morgan fingerprint density at radius 3 is 2.61 bits per heavy atom. The molecule has 2 aromatic carbocycles. The summed E-state index contributed by atoms with van der Waals surface area (Å²) >= 11 is 0. The molecule has 4 aromatic rings. The van der Waals surface area contributed by atoms with Crippen molar-refractivity contribution < 1.29 is 9.18 Å². The van der Waals surface area contributed by atoms with Crippen LogP contribution in [0.5, 0.6) is 0 Å². The summed E-state index contributed by atoms with van der Waals surface area (Å²) in [6.45, 7) is 2.27. The number of allylic oxidation sites excluding steroid dienone is 2. The van der Waals surface area contributed by atoms with Gasteiger partial charge in [0.2, 0.25) is 0 Å². The van der Waals surface area contributed by atoms with Gasteiger partial charge in [-0.25, -0.2) is 13.9 Å². The van der Waals surface area contributed by atoms with Gasteiger partial charge in [-0.15, -0.1) is 0 Å². The van der Waals surface area contributed by atoms with Gasteiger partial charge in [0.15, 0.2) is 0 Å². The van der Waals surface area contributed by atoms with E-state index in [4.69, 9.17) is 0 Å². The number of pyridine rings is 1. The van der Waals surface area contributed by atoms with E-state index in [9.17, 15) is 9.18 Å². The number of aromatic nitrogens is 3. The molecule has 0 fully saturated rings. The van der Waals surface area contributed by atoms with Crippen LogP contribution >= 0.6 is 0 Å². The Bertz CT molecular complexity index is 1460. The third-order valence-corrected chi connectivity index (χ3v) is 7.89. The lowest BCUT2D eigenvalue weighted by Crippen LogP contribution is -2.34. The predicted molar refractivity (Wildman–Crippen MR) is 146 cm³/mol. The molecule has 2 aromatic heterocycles. The minimum absolute atomic E-state index is 0.120. The molecule has 0 saturated heterocycles. The molecule has 192 valence electrons. The summed E-state index contributed by atoms with van der Waals surface area (Å²) < 4.78 is 15.5. The minimum Gasteiger partial charge on any atom is -0.331 e. The summed E-state index contributed by atoms with van der Waals surface area (Å²) in [7, 11) is 0. The van der Waals surface area contributed by atoms with Crippen molar-refractivity contribution >= 4 is 11.7 Å². The summed E-state index contributed by atoms with van der Waals surface area (Å²) in [6.07, 6.45) is 9.09. The quantitative estimate of drug-likeness (QED) is 0.284. The molecule has 0 radical (unpaired) electrons. The standard InChI is InChI=1S/C31H30FN5O/c1-20-27-19-34-37(26-11-9-24(32)10-12-26)29(27)18-23-8-7-22(30(20)23)17-28(21-5-3-2-4-6-21)36-31(38)35-25-13-15-33-16-14-25/h2-6,9-16,19-20,22,28H,7-8,17-18H2,1H3,(H2,33,35,36,38)/t20-,22+,28?/m0/s1. The number of nitrogens with zero attached hydrogens (tertiary/aromatic N) is 3. The number of fused-ring (bicyclic) bond motifs is 1. The average Bonchev–Trinajstić information content (AvgIpc) is 3.55. The normalized spacial score (nSPS) is 19.0. The third-order valence-electron chi connectivity index (χ3n) is 7.89. The summed E-state index contributed by atoms with van der Waals surface area (Å²) in [5.41, 5.74) is 8.09. The Morgan fingerprint density at radius 1 is 1.08 bits per heavy atom. The van der Waals surface area contributed by atoms with Gasteiger partial charge in [-0.2, -0.15) is 5.10 Å². The van der Waals surface area contributed by atoms with E-state index in [0.717, 1.165) is 36.9 Å². The van der Waals surface area contributed by atoms with E-state index in [1.807, 2.05) is 29.1 Å². The Hall–Kier alpha value is -4.26. The fourth-order valence-electron chi connectivity index (χ4n) is 6.14. The van der Waals surface area contributed by atoms with Crippen molar-refractivity contribution in [2.75, 3.05) is 5.32 Å². The zero-order chi connectivity index (χ0) is 26.1. The van der Waals surface area contributed by atoms with E-state index in [1.165, 1.54) is 34.5 Å². The maximum absolute atomic E-state index is 13.5. The first-order valence-corrected chi connectivity index (χ1v) is 13.1. The lowest BCUT2D eigenvalue weighted by atomic mass is 9.78. The highest BCUT2D eigenvalue weighted by atomic mass is 19.1. The molecule has 7 heteroatoms. The predicted octanol–water partition coefficient (Wildman–Crippen LogP) is 6.73. The van der Waals surface area contributed by atoms with E-state index in [-0.39, 0.29) is 23.8 Å². The Kier molecular flexibility index (Phi) is 6.50. The number of benzene rings is 2. The van der Waals surface area contributed by atoms with E-state index in [2.05, 4.69) is 39.8 Å². The molecule has 0 bridgehead atoms. The molecule has 6 nitrogen and oxygen atoms in total. The molecule has 1 unspecified atom stereocenters. The van der Waals surface area contributed by atoms with Crippen LogP contribution in [0.15, 0.2) is 96.5 Å². The molecule has 3 atom stereocenters. The second kappa shape index (κ2) is 10.2. The van der Waals surface area contributed by atoms with Gasteiger partial charge in [0.25, 0.3) is 0 Å². The Labute approximate surface area is 221 Å². The van der Waals surface area contributed by atoms with Crippen LogP contribution in [-0.2, 0) is 6.42 Å². The fourth-order valence-corrected chi connectivity index (χ4v) is 6.14. The summed E-state index contributed by atoms with van der Waals surface area (Å²) in [5, 5.41) is 10.8. The third kappa shape index (κ3) is 4.72. The highest BCUT2D eigenvalue weighted by Crippen LogP contribution is 2.49. The number of halogens is 1. The molecule has 2 N–H and O–H groups in total. The fraction of sp³-hybridized carbons (Fsp3) is 0.258. The average molecular weight is 508 g/mol. The van der Waals surface area contributed by atoms with Crippen molar-refractivity contribution in [2.45, 2.75) is 44.6 Å². The Balaban J connectivity index is 1.23. The van der Waals surface area contributed by atoms with Crippen molar-refractivity contribution in [3.63, 3.8) is 0 Å². The van der Waals surface area contributed by atoms with E-state index in [1.54, 1.807) is 36.7 Å². The van der Waals surface area contributed by atoms with Crippen LogP contribution in [0.2, 0.25) is 0 Å². The molecular weight excluding hydrogens is 477 g/mol. The van der Waals surface area contributed by atoms with Crippen LogP contribution in [-0.4, -0.2) is 20.8 Å². The summed E-state index contributed by atoms with van der Waals surface area (Å²) in [4.78, 5) is 17.0. The highest BCUT2D eigenvalue weighted by molar-refractivity contribution is 5.89. The molecule has 2 aliphatic rings. The first kappa shape index (κ1) is 24.1. The lowest BCUT2D eigenvalue weighted by Gasteiger charge is -2.30. The number of nitrogens with one attached hydrogen (secondary N) is 2. The molecule has 0 aliphatic heterocycles. The molecule has 0 saturated carbocycles. The van der Waals surface area contributed by atoms with Crippen LogP contribution in [0.4, 0.5) is 14.9 Å². The number of carbonyl (C=O) groups excluding carboxylic acids is 1. The summed E-state index contributed by atoms with van der Waals surface area (Å²) in [5.74, 6) is 0.370. The van der Waals surface area contributed by atoms with Crippen LogP contribution in [0.3, 0.4) is 0 Å². The minimum atomic E-state index is -0.247. The van der Waals surface area contributed by atoms with Gasteiger partial charge in [-0.3, -0.25) is 4.98 Å². The Morgan fingerprint density at radius 2 is 1.84 bits per heavy atom. The van der Waals surface area contributed by atoms with Gasteiger partial charge in [-0.1, -0.05) is 48.4 Å². The highest BCUT2D eigenvalue weighted by Gasteiger charge is 2.37. The maximum atomic E-state index is 13.5. The number of carbonyl (C=O) groups is 1. The monoisotopic (exact) mass is 507 g/mol. The first-order valence-electron chi connectivity index (χ1n) is 13.1.